The Morgan fingerprint density at radius 1 is 0.833 bits per heavy atom. The van der Waals surface area contributed by atoms with E-state index in [0.717, 1.165) is 16.7 Å². The highest BCUT2D eigenvalue weighted by atomic mass is 32.2. The quantitative estimate of drug-likeness (QED) is 0.134. The molecule has 0 fully saturated rings. The molecule has 7 nitrogen and oxygen atoms in total. The number of rotatable bonds is 10. The van der Waals surface area contributed by atoms with E-state index in [0.29, 0.717) is 0 Å². The summed E-state index contributed by atoms with van der Waals surface area (Å²) in [6, 6.07) is 26.3. The maximum atomic E-state index is 13.5. The van der Waals surface area contributed by atoms with Crippen molar-refractivity contribution in [2.24, 2.45) is 0 Å². The fourth-order valence-corrected chi connectivity index (χ4v) is 4.88. The fraction of sp³-hybridized carbons (Fsp3) is 0.206. The van der Waals surface area contributed by atoms with Crippen LogP contribution in [0.2, 0.25) is 0 Å². The molecule has 0 bridgehead atoms. The third kappa shape index (κ3) is 8.00. The molecule has 0 atom stereocenters. The van der Waals surface area contributed by atoms with Crippen LogP contribution in [0.1, 0.15) is 53.4 Å². The number of ketones is 1. The van der Waals surface area contributed by atoms with Gasteiger partial charge in [-0.1, -0.05) is 90.2 Å². The molecule has 1 N–H and O–H groups in total. The minimum atomic E-state index is -4.42. The molecule has 0 heterocycles. The summed E-state index contributed by atoms with van der Waals surface area (Å²) in [5.41, 5.74) is 0.969. The van der Waals surface area contributed by atoms with E-state index >= 15 is 0 Å². The van der Waals surface area contributed by atoms with Crippen LogP contribution in [0.5, 0.6) is 17.2 Å². The van der Waals surface area contributed by atoms with E-state index in [1.54, 1.807) is 12.1 Å². The van der Waals surface area contributed by atoms with Gasteiger partial charge in [0, 0.05) is 6.07 Å². The third-order valence-corrected chi connectivity index (χ3v) is 7.27. The number of hydrogen-bond acceptors (Lipinski definition) is 7. The van der Waals surface area contributed by atoms with E-state index in [2.05, 4.69) is 11.8 Å². The zero-order valence-electron chi connectivity index (χ0n) is 23.9. The number of carbonyl (C=O) groups excluding carboxylic acids is 1. The summed E-state index contributed by atoms with van der Waals surface area (Å²) in [6.07, 6.45) is 0. The van der Waals surface area contributed by atoms with E-state index in [1.807, 2.05) is 67.6 Å². The molecule has 0 aliphatic rings. The van der Waals surface area contributed by atoms with Gasteiger partial charge in [-0.25, -0.2) is 0 Å². The van der Waals surface area contributed by atoms with Crippen LogP contribution in [0.4, 0.5) is 0 Å². The molecule has 8 heteroatoms. The monoisotopic (exact) mass is 584 g/mol. The first-order chi connectivity index (χ1) is 19.9. The summed E-state index contributed by atoms with van der Waals surface area (Å²) >= 11 is 0. The van der Waals surface area contributed by atoms with Crippen molar-refractivity contribution in [3.8, 4) is 29.1 Å². The SMILES string of the molecule is CC(=O)c1c(OCc2ccccc2)cc(OCc2ccccc2)c(C#CC(C)(C)O)c1OS(=O)(=O)c1ccc(C)cc1. The second-order valence-corrected chi connectivity index (χ2v) is 11.8. The standard InChI is InChI=1S/C34H32O7S/c1-24-15-17-28(18-16-24)42(37,38)41-33-29(19-20-34(3,4)36)30(39-22-26-11-7-5-8-12-26)21-31(32(33)25(2)35)40-23-27-13-9-6-10-14-27/h5-18,21,36H,22-23H2,1-4H3. The van der Waals surface area contributed by atoms with E-state index in [1.165, 1.54) is 39.0 Å². The number of aliphatic hydroxyl groups is 1. The van der Waals surface area contributed by atoms with Gasteiger partial charge in [0.05, 0.1) is 0 Å². The molecule has 4 aromatic rings. The molecule has 0 aromatic heterocycles. The molecule has 0 saturated carbocycles. The highest BCUT2D eigenvalue weighted by molar-refractivity contribution is 7.87. The Bertz CT molecular complexity index is 1710. The normalized spacial score (nSPS) is 11.3. The van der Waals surface area contributed by atoms with Gasteiger partial charge >= 0.3 is 10.1 Å². The minimum absolute atomic E-state index is 0.0130. The second-order valence-electron chi connectivity index (χ2n) is 10.2. The molecule has 4 rings (SSSR count). The molecule has 216 valence electrons. The van der Waals surface area contributed by atoms with Crippen LogP contribution in [0.25, 0.3) is 0 Å². The number of benzene rings is 4. The fourth-order valence-electron chi connectivity index (χ4n) is 3.92. The maximum Gasteiger partial charge on any atom is 0.339 e. The molecule has 0 unspecified atom stereocenters. The molecule has 0 amide bonds. The first kappa shape index (κ1) is 30.4. The largest absolute Gasteiger partial charge is 0.488 e. The van der Waals surface area contributed by atoms with Crippen LogP contribution < -0.4 is 13.7 Å². The predicted octanol–water partition coefficient (Wildman–Crippen LogP) is 6.25. The van der Waals surface area contributed by atoms with E-state index < -0.39 is 21.5 Å². The molecular formula is C34H32O7S. The van der Waals surface area contributed by atoms with Crippen LogP contribution in [-0.4, -0.2) is 24.9 Å². The predicted molar refractivity (Wildman–Crippen MR) is 160 cm³/mol. The van der Waals surface area contributed by atoms with Gasteiger partial charge < -0.3 is 18.8 Å². The van der Waals surface area contributed by atoms with Gasteiger partial charge in [-0.2, -0.15) is 8.42 Å². The zero-order valence-corrected chi connectivity index (χ0v) is 24.7. The molecule has 0 aliphatic carbocycles. The van der Waals surface area contributed by atoms with Crippen molar-refractivity contribution < 1.29 is 32.0 Å². The topological polar surface area (TPSA) is 99.1 Å². The minimum Gasteiger partial charge on any atom is -0.488 e. The molecule has 0 aliphatic heterocycles. The van der Waals surface area contributed by atoms with Gasteiger partial charge in [0.15, 0.2) is 11.5 Å². The molecular weight excluding hydrogens is 552 g/mol. The van der Waals surface area contributed by atoms with Gasteiger partial charge in [-0.3, -0.25) is 4.79 Å². The highest BCUT2D eigenvalue weighted by Gasteiger charge is 2.29. The van der Waals surface area contributed by atoms with Gasteiger partial charge in [-0.15, -0.1) is 0 Å². The number of carbonyl (C=O) groups is 1. The van der Waals surface area contributed by atoms with Gasteiger partial charge in [0.2, 0.25) is 0 Å². The van der Waals surface area contributed by atoms with Crippen molar-refractivity contribution in [1.29, 1.82) is 0 Å². The first-order valence-corrected chi connectivity index (χ1v) is 14.7. The lowest BCUT2D eigenvalue weighted by molar-refractivity contribution is 0.101. The molecule has 42 heavy (non-hydrogen) atoms. The first-order valence-electron chi connectivity index (χ1n) is 13.2. The second kappa shape index (κ2) is 12.9. The van der Waals surface area contributed by atoms with Crippen LogP contribution in [0, 0.1) is 18.8 Å². The van der Waals surface area contributed by atoms with Crippen LogP contribution in [0.15, 0.2) is 95.9 Å². The highest BCUT2D eigenvalue weighted by Crippen LogP contribution is 2.41. The maximum absolute atomic E-state index is 13.5. The molecule has 0 radical (unpaired) electrons. The lowest BCUT2D eigenvalue weighted by atomic mass is 10.0. The summed E-state index contributed by atoms with van der Waals surface area (Å²) in [5.74, 6) is 4.85. The number of Topliss-reactive ketones (excluding diaryl/α,β-unsaturated/α-hetero) is 1. The summed E-state index contributed by atoms with van der Waals surface area (Å²) in [5, 5.41) is 10.4. The summed E-state index contributed by atoms with van der Waals surface area (Å²) < 4.78 is 45.0. The van der Waals surface area contributed by atoms with Crippen LogP contribution in [0.3, 0.4) is 0 Å². The molecule has 4 aromatic carbocycles. The van der Waals surface area contributed by atoms with Crippen molar-refractivity contribution in [3.63, 3.8) is 0 Å². The Kier molecular flexibility index (Phi) is 9.36. The summed E-state index contributed by atoms with van der Waals surface area (Å²) in [7, 11) is -4.42. The number of aryl methyl sites for hydroxylation is 1. The summed E-state index contributed by atoms with van der Waals surface area (Å²) in [4.78, 5) is 13.0. The molecule has 0 spiro atoms. The Morgan fingerprint density at radius 3 is 1.86 bits per heavy atom. The Morgan fingerprint density at radius 2 is 1.36 bits per heavy atom. The van der Waals surface area contributed by atoms with Crippen molar-refractivity contribution in [3.05, 3.63) is 119 Å². The van der Waals surface area contributed by atoms with Crippen molar-refractivity contribution >= 4 is 15.9 Å². The average Bonchev–Trinajstić information content (AvgIpc) is 2.94. The third-order valence-electron chi connectivity index (χ3n) is 6.03. The lowest BCUT2D eigenvalue weighted by Gasteiger charge is -2.20. The van der Waals surface area contributed by atoms with Crippen LogP contribution in [-0.2, 0) is 23.3 Å². The summed E-state index contributed by atoms with van der Waals surface area (Å²) in [6.45, 7) is 6.29. The zero-order chi connectivity index (χ0) is 30.3. The Labute approximate surface area is 246 Å². The van der Waals surface area contributed by atoms with Crippen LogP contribution >= 0.6 is 0 Å². The smallest absolute Gasteiger partial charge is 0.339 e. The van der Waals surface area contributed by atoms with Gasteiger partial charge in [0.1, 0.15) is 46.3 Å². The Balaban J connectivity index is 1.92. The van der Waals surface area contributed by atoms with Gasteiger partial charge in [0.25, 0.3) is 0 Å². The van der Waals surface area contributed by atoms with Crippen molar-refractivity contribution in [1.82, 2.24) is 0 Å². The average molecular weight is 585 g/mol. The Hall–Kier alpha value is -4.58. The van der Waals surface area contributed by atoms with Gasteiger partial charge in [-0.05, 0) is 51.0 Å². The van der Waals surface area contributed by atoms with E-state index in [4.69, 9.17) is 13.7 Å². The van der Waals surface area contributed by atoms with E-state index in [9.17, 15) is 18.3 Å². The van der Waals surface area contributed by atoms with Crippen molar-refractivity contribution in [2.75, 3.05) is 0 Å². The lowest BCUT2D eigenvalue weighted by Crippen LogP contribution is -2.16. The van der Waals surface area contributed by atoms with Crippen molar-refractivity contribution in [2.45, 2.75) is 51.4 Å². The number of ether oxygens (including phenoxy) is 2. The number of hydrogen-bond donors (Lipinski definition) is 1. The molecule has 0 saturated heterocycles. The van der Waals surface area contributed by atoms with E-state index in [-0.39, 0.29) is 46.5 Å².